The van der Waals surface area contributed by atoms with E-state index in [-0.39, 0.29) is 11.8 Å². The van der Waals surface area contributed by atoms with E-state index in [0.29, 0.717) is 12.1 Å². The number of hydrogen-bond acceptors (Lipinski definition) is 5. The molecule has 1 atom stereocenters. The number of aliphatic hydroxyl groups is 1. The third-order valence-corrected chi connectivity index (χ3v) is 3.52. The van der Waals surface area contributed by atoms with E-state index < -0.39 is 6.10 Å². The molecule has 20 heavy (non-hydrogen) atoms. The highest BCUT2D eigenvalue weighted by Gasteiger charge is 2.14. The first-order valence-electron chi connectivity index (χ1n) is 6.92. The lowest BCUT2D eigenvalue weighted by Crippen LogP contribution is -2.38. The van der Waals surface area contributed by atoms with Gasteiger partial charge >= 0.3 is 0 Å². The molecule has 0 saturated carbocycles. The first-order chi connectivity index (χ1) is 9.75. The Labute approximate surface area is 124 Å². The number of pyridine rings is 1. The Morgan fingerprint density at radius 1 is 1.45 bits per heavy atom. The van der Waals surface area contributed by atoms with Crippen LogP contribution in [0.5, 0.6) is 0 Å². The fourth-order valence-corrected chi connectivity index (χ4v) is 2.37. The molecule has 0 radical (unpaired) electrons. The molecule has 0 amide bonds. The van der Waals surface area contributed by atoms with Gasteiger partial charge in [-0.15, -0.1) is 0 Å². The number of aromatic nitrogens is 1. The molecule has 0 unspecified atom stereocenters. The van der Waals surface area contributed by atoms with Gasteiger partial charge in [0.2, 0.25) is 0 Å². The van der Waals surface area contributed by atoms with Crippen molar-refractivity contribution >= 4 is 16.8 Å². The fraction of sp³-hybridized carbons (Fsp3) is 0.571. The van der Waals surface area contributed by atoms with Gasteiger partial charge in [-0.25, -0.2) is 0 Å². The standard InChI is InChI=1S/C14H20ClN3O2/c15-14(12-5-4-6-16-9-12)17-20-11-13(19)10-18-7-2-1-3-8-18/h4-6,9,13,19H,1-3,7-8,10-11H2/b17-14-/t13-/m0/s1. The van der Waals surface area contributed by atoms with E-state index in [2.05, 4.69) is 15.0 Å². The van der Waals surface area contributed by atoms with Crippen LogP contribution >= 0.6 is 11.6 Å². The number of nitrogens with zero attached hydrogens (tertiary/aromatic N) is 3. The third kappa shape index (κ3) is 5.07. The zero-order valence-corrected chi connectivity index (χ0v) is 12.2. The molecule has 0 bridgehead atoms. The summed E-state index contributed by atoms with van der Waals surface area (Å²) < 4.78 is 0. The Kier molecular flexibility index (Phi) is 6.24. The van der Waals surface area contributed by atoms with Crippen LogP contribution in [0.25, 0.3) is 0 Å². The lowest BCUT2D eigenvalue weighted by molar-refractivity contribution is 0.0161. The van der Waals surface area contributed by atoms with Crippen LogP contribution in [-0.2, 0) is 4.84 Å². The van der Waals surface area contributed by atoms with Crippen molar-refractivity contribution in [1.82, 2.24) is 9.88 Å². The average molecular weight is 298 g/mol. The lowest BCUT2D eigenvalue weighted by atomic mass is 10.1. The Balaban J connectivity index is 1.71. The zero-order chi connectivity index (χ0) is 14.2. The Morgan fingerprint density at radius 3 is 2.95 bits per heavy atom. The smallest absolute Gasteiger partial charge is 0.177 e. The van der Waals surface area contributed by atoms with Gasteiger partial charge in [0.15, 0.2) is 5.17 Å². The van der Waals surface area contributed by atoms with Gasteiger partial charge in [-0.3, -0.25) is 4.98 Å². The molecule has 1 saturated heterocycles. The number of β-amino-alcohol motifs (C(OH)–C–C–N with tert-alkyl or cyclic N) is 1. The molecule has 1 aromatic heterocycles. The predicted molar refractivity (Wildman–Crippen MR) is 78.9 cm³/mol. The molecule has 1 fully saturated rings. The maximum Gasteiger partial charge on any atom is 0.177 e. The minimum atomic E-state index is -0.546. The highest BCUT2D eigenvalue weighted by atomic mass is 35.5. The van der Waals surface area contributed by atoms with E-state index in [9.17, 15) is 5.11 Å². The maximum atomic E-state index is 9.89. The number of piperidine rings is 1. The van der Waals surface area contributed by atoms with Gasteiger partial charge in [-0.05, 0) is 38.1 Å². The topological polar surface area (TPSA) is 58.0 Å². The fourth-order valence-electron chi connectivity index (χ4n) is 2.21. The monoisotopic (exact) mass is 297 g/mol. The van der Waals surface area contributed by atoms with Crippen molar-refractivity contribution in [2.45, 2.75) is 25.4 Å². The van der Waals surface area contributed by atoms with Crippen LogP contribution in [0, 0.1) is 0 Å². The summed E-state index contributed by atoms with van der Waals surface area (Å²) in [4.78, 5) is 11.3. The minimum absolute atomic E-state index is 0.146. The van der Waals surface area contributed by atoms with Crippen LogP contribution in [0.3, 0.4) is 0 Å². The molecule has 2 rings (SSSR count). The van der Waals surface area contributed by atoms with Gasteiger partial charge in [-0.2, -0.15) is 0 Å². The van der Waals surface area contributed by atoms with Crippen LogP contribution in [0.4, 0.5) is 0 Å². The van der Waals surface area contributed by atoms with Gasteiger partial charge in [-0.1, -0.05) is 23.2 Å². The largest absolute Gasteiger partial charge is 0.392 e. The van der Waals surface area contributed by atoms with E-state index in [1.807, 2.05) is 0 Å². The number of hydrogen-bond donors (Lipinski definition) is 1. The predicted octanol–water partition coefficient (Wildman–Crippen LogP) is 1.85. The molecule has 1 aromatic rings. The third-order valence-electron chi connectivity index (χ3n) is 3.23. The van der Waals surface area contributed by atoms with E-state index in [1.54, 1.807) is 24.5 Å². The Morgan fingerprint density at radius 2 is 2.25 bits per heavy atom. The molecule has 110 valence electrons. The first kappa shape index (κ1) is 15.2. The molecule has 1 N–H and O–H groups in total. The highest BCUT2D eigenvalue weighted by Crippen LogP contribution is 2.09. The Bertz CT molecular complexity index is 422. The van der Waals surface area contributed by atoms with Gasteiger partial charge < -0.3 is 14.8 Å². The minimum Gasteiger partial charge on any atom is -0.392 e. The molecule has 1 aliphatic rings. The zero-order valence-electron chi connectivity index (χ0n) is 11.4. The summed E-state index contributed by atoms with van der Waals surface area (Å²) in [7, 11) is 0. The van der Waals surface area contributed by atoms with Crippen LogP contribution in [0.1, 0.15) is 24.8 Å². The summed E-state index contributed by atoms with van der Waals surface area (Å²) in [6, 6.07) is 3.57. The molecular formula is C14H20ClN3O2. The number of likely N-dealkylation sites (tertiary alicyclic amines) is 1. The van der Waals surface area contributed by atoms with E-state index in [1.165, 1.54) is 19.3 Å². The molecule has 0 spiro atoms. The number of halogens is 1. The van der Waals surface area contributed by atoms with Gasteiger partial charge in [0.25, 0.3) is 0 Å². The second-order valence-electron chi connectivity index (χ2n) is 4.93. The summed E-state index contributed by atoms with van der Waals surface area (Å²) in [5.74, 6) is 0. The first-order valence-corrected chi connectivity index (χ1v) is 7.30. The molecular weight excluding hydrogens is 278 g/mol. The second kappa shape index (κ2) is 8.19. The van der Waals surface area contributed by atoms with Crippen molar-refractivity contribution in [3.63, 3.8) is 0 Å². The normalized spacial score (nSPS) is 18.8. The van der Waals surface area contributed by atoms with Crippen LogP contribution < -0.4 is 0 Å². The summed E-state index contributed by atoms with van der Waals surface area (Å²) in [6.45, 7) is 2.88. The van der Waals surface area contributed by atoms with Crippen molar-refractivity contribution in [1.29, 1.82) is 0 Å². The van der Waals surface area contributed by atoms with Crippen molar-refractivity contribution in [2.75, 3.05) is 26.2 Å². The van der Waals surface area contributed by atoms with Crippen molar-refractivity contribution in [3.05, 3.63) is 30.1 Å². The molecule has 6 heteroatoms. The lowest BCUT2D eigenvalue weighted by Gasteiger charge is -2.27. The molecule has 0 aliphatic carbocycles. The molecule has 2 heterocycles. The highest BCUT2D eigenvalue weighted by molar-refractivity contribution is 6.69. The Hall–Kier alpha value is -1.17. The van der Waals surface area contributed by atoms with E-state index in [0.717, 1.165) is 13.1 Å². The quantitative estimate of drug-likeness (QED) is 0.643. The number of aliphatic hydroxyl groups excluding tert-OH is 1. The number of oxime groups is 1. The van der Waals surface area contributed by atoms with E-state index in [4.69, 9.17) is 16.4 Å². The van der Waals surface area contributed by atoms with Crippen molar-refractivity contribution < 1.29 is 9.94 Å². The molecule has 0 aromatic carbocycles. The summed E-state index contributed by atoms with van der Waals surface area (Å²) >= 11 is 5.97. The van der Waals surface area contributed by atoms with Crippen LogP contribution in [-0.4, -0.2) is 52.5 Å². The molecule has 5 nitrogen and oxygen atoms in total. The van der Waals surface area contributed by atoms with E-state index >= 15 is 0 Å². The van der Waals surface area contributed by atoms with Gasteiger partial charge in [0.1, 0.15) is 12.7 Å². The summed E-state index contributed by atoms with van der Waals surface area (Å²) in [5, 5.41) is 13.9. The average Bonchev–Trinajstić information content (AvgIpc) is 2.49. The summed E-state index contributed by atoms with van der Waals surface area (Å²) in [6.07, 6.45) is 6.43. The van der Waals surface area contributed by atoms with Crippen LogP contribution in [0.15, 0.2) is 29.7 Å². The maximum absolute atomic E-state index is 9.89. The summed E-state index contributed by atoms with van der Waals surface area (Å²) in [5.41, 5.74) is 0.694. The van der Waals surface area contributed by atoms with Gasteiger partial charge in [0, 0.05) is 24.5 Å². The SMILES string of the molecule is O[C@H](CO/N=C(\Cl)c1cccnc1)CN1CCCCC1. The second-order valence-corrected chi connectivity index (χ2v) is 5.29. The molecule has 1 aliphatic heterocycles. The van der Waals surface area contributed by atoms with Crippen LogP contribution in [0.2, 0.25) is 0 Å². The van der Waals surface area contributed by atoms with Crippen molar-refractivity contribution in [3.8, 4) is 0 Å². The number of rotatable bonds is 6. The van der Waals surface area contributed by atoms with Gasteiger partial charge in [0.05, 0.1) is 0 Å². The van der Waals surface area contributed by atoms with Crippen molar-refractivity contribution in [2.24, 2.45) is 5.16 Å².